The quantitative estimate of drug-likeness (QED) is 0.690. The van der Waals surface area contributed by atoms with E-state index in [-0.39, 0.29) is 5.78 Å². The Morgan fingerprint density at radius 2 is 2.40 bits per heavy atom. The van der Waals surface area contributed by atoms with Crippen molar-refractivity contribution in [1.29, 1.82) is 0 Å². The second-order valence-corrected chi connectivity index (χ2v) is 3.71. The number of hydrogen-bond acceptors (Lipinski definition) is 3. The van der Waals surface area contributed by atoms with Crippen molar-refractivity contribution in [3.63, 3.8) is 0 Å². The highest BCUT2D eigenvalue weighted by atomic mass is 16.5. The van der Waals surface area contributed by atoms with Gasteiger partial charge < -0.3 is 4.74 Å². The molecule has 0 saturated heterocycles. The van der Waals surface area contributed by atoms with Gasteiger partial charge in [0.05, 0.1) is 24.6 Å². The highest BCUT2D eigenvalue weighted by molar-refractivity contribution is 6.09. The van der Waals surface area contributed by atoms with E-state index in [4.69, 9.17) is 4.74 Å². The lowest BCUT2D eigenvalue weighted by Gasteiger charge is -2.12. The molecule has 2 rings (SSSR count). The van der Waals surface area contributed by atoms with Crippen LogP contribution in [-0.2, 0) is 11.8 Å². The Kier molecular flexibility index (Phi) is 2.58. The standard InChI is InChI=1S/C11H14N2O2/c1-8-10(6-12-13(8)2)11(14)9-4-3-5-15-7-9/h6-7H,3-5H2,1-2H3. The second-order valence-electron chi connectivity index (χ2n) is 3.71. The highest BCUT2D eigenvalue weighted by Crippen LogP contribution is 2.19. The molecule has 1 aromatic heterocycles. The minimum absolute atomic E-state index is 0.0419. The van der Waals surface area contributed by atoms with E-state index < -0.39 is 0 Å². The zero-order chi connectivity index (χ0) is 10.8. The number of rotatable bonds is 2. The molecule has 0 saturated carbocycles. The van der Waals surface area contributed by atoms with E-state index in [0.29, 0.717) is 12.2 Å². The van der Waals surface area contributed by atoms with E-state index >= 15 is 0 Å². The molecule has 80 valence electrons. The maximum atomic E-state index is 12.0. The molecule has 0 aromatic carbocycles. The van der Waals surface area contributed by atoms with Crippen molar-refractivity contribution in [1.82, 2.24) is 9.78 Å². The Morgan fingerprint density at radius 1 is 1.60 bits per heavy atom. The van der Waals surface area contributed by atoms with Crippen LogP contribution in [-0.4, -0.2) is 22.2 Å². The monoisotopic (exact) mass is 206 g/mol. The van der Waals surface area contributed by atoms with Crippen molar-refractivity contribution < 1.29 is 9.53 Å². The Bertz CT molecular complexity index is 418. The van der Waals surface area contributed by atoms with Gasteiger partial charge in [-0.2, -0.15) is 5.10 Å². The first-order valence-electron chi connectivity index (χ1n) is 5.04. The number of aromatic nitrogens is 2. The Morgan fingerprint density at radius 3 is 2.93 bits per heavy atom. The van der Waals surface area contributed by atoms with Gasteiger partial charge in [-0.1, -0.05) is 0 Å². The zero-order valence-electron chi connectivity index (χ0n) is 8.99. The minimum atomic E-state index is 0.0419. The number of allylic oxidation sites excluding steroid dienone is 1. The fraction of sp³-hybridized carbons (Fsp3) is 0.455. The number of carbonyl (C=O) groups excluding carboxylic acids is 1. The SMILES string of the molecule is Cc1c(C(=O)C2=COCCC2)cnn1C. The summed E-state index contributed by atoms with van der Waals surface area (Å²) in [5.74, 6) is 0.0419. The molecule has 0 N–H and O–H groups in total. The van der Waals surface area contributed by atoms with Crippen molar-refractivity contribution in [2.24, 2.45) is 7.05 Å². The van der Waals surface area contributed by atoms with Crippen molar-refractivity contribution >= 4 is 5.78 Å². The fourth-order valence-corrected chi connectivity index (χ4v) is 1.63. The van der Waals surface area contributed by atoms with Crippen molar-refractivity contribution in [3.8, 4) is 0 Å². The molecule has 0 aliphatic carbocycles. The molecule has 0 spiro atoms. The average Bonchev–Trinajstić information content (AvgIpc) is 2.60. The maximum absolute atomic E-state index is 12.0. The van der Waals surface area contributed by atoms with Crippen LogP contribution in [0, 0.1) is 6.92 Å². The summed E-state index contributed by atoms with van der Waals surface area (Å²) in [6, 6.07) is 0. The number of ketones is 1. The second kappa shape index (κ2) is 3.88. The van der Waals surface area contributed by atoms with Crippen LogP contribution in [0.15, 0.2) is 18.0 Å². The van der Waals surface area contributed by atoms with Gasteiger partial charge in [0.15, 0.2) is 5.78 Å². The van der Waals surface area contributed by atoms with Crippen molar-refractivity contribution in [2.45, 2.75) is 19.8 Å². The summed E-state index contributed by atoms with van der Waals surface area (Å²) in [5, 5.41) is 4.06. The number of nitrogens with zero attached hydrogens (tertiary/aromatic N) is 2. The van der Waals surface area contributed by atoms with Crippen LogP contribution in [0.4, 0.5) is 0 Å². The summed E-state index contributed by atoms with van der Waals surface area (Å²) in [6.07, 6.45) is 4.91. The molecule has 1 aromatic rings. The number of aryl methyl sites for hydroxylation is 1. The summed E-state index contributed by atoms with van der Waals surface area (Å²) in [4.78, 5) is 12.0. The Labute approximate surface area is 88.5 Å². The third-order valence-corrected chi connectivity index (χ3v) is 2.71. The number of hydrogen-bond donors (Lipinski definition) is 0. The van der Waals surface area contributed by atoms with E-state index in [2.05, 4.69) is 5.10 Å². The van der Waals surface area contributed by atoms with E-state index in [9.17, 15) is 4.79 Å². The van der Waals surface area contributed by atoms with Gasteiger partial charge in [0.2, 0.25) is 0 Å². The van der Waals surface area contributed by atoms with Crippen LogP contribution < -0.4 is 0 Å². The Balaban J connectivity index is 2.28. The number of carbonyl (C=O) groups is 1. The van der Waals surface area contributed by atoms with E-state index in [1.54, 1.807) is 17.1 Å². The van der Waals surface area contributed by atoms with Crippen molar-refractivity contribution in [2.75, 3.05) is 6.61 Å². The van der Waals surface area contributed by atoms with Crippen LogP contribution in [0.1, 0.15) is 28.9 Å². The number of ether oxygens (including phenoxy) is 1. The minimum Gasteiger partial charge on any atom is -0.501 e. The van der Waals surface area contributed by atoms with Crippen LogP contribution in [0.5, 0.6) is 0 Å². The van der Waals surface area contributed by atoms with E-state index in [1.807, 2.05) is 14.0 Å². The van der Waals surface area contributed by atoms with Gasteiger partial charge in [0.1, 0.15) is 0 Å². The normalized spacial score (nSPS) is 15.7. The molecule has 4 heteroatoms. The van der Waals surface area contributed by atoms with Gasteiger partial charge in [-0.3, -0.25) is 9.48 Å². The lowest BCUT2D eigenvalue weighted by atomic mass is 10.0. The molecule has 15 heavy (non-hydrogen) atoms. The predicted molar refractivity (Wildman–Crippen MR) is 55.5 cm³/mol. The fourth-order valence-electron chi connectivity index (χ4n) is 1.63. The molecule has 0 unspecified atom stereocenters. The molecule has 0 amide bonds. The topological polar surface area (TPSA) is 44.1 Å². The van der Waals surface area contributed by atoms with Crippen LogP contribution >= 0.6 is 0 Å². The lowest BCUT2D eigenvalue weighted by Crippen LogP contribution is -2.10. The molecular formula is C11H14N2O2. The molecule has 1 aliphatic rings. The maximum Gasteiger partial charge on any atom is 0.195 e. The van der Waals surface area contributed by atoms with Crippen LogP contribution in [0.25, 0.3) is 0 Å². The highest BCUT2D eigenvalue weighted by Gasteiger charge is 2.19. The van der Waals surface area contributed by atoms with E-state index in [0.717, 1.165) is 24.1 Å². The molecule has 0 fully saturated rings. The first kappa shape index (κ1) is 9.96. The van der Waals surface area contributed by atoms with Gasteiger partial charge in [-0.05, 0) is 19.8 Å². The Hall–Kier alpha value is -1.58. The molecule has 1 aliphatic heterocycles. The zero-order valence-corrected chi connectivity index (χ0v) is 8.99. The molecular weight excluding hydrogens is 192 g/mol. The third-order valence-electron chi connectivity index (χ3n) is 2.71. The smallest absolute Gasteiger partial charge is 0.195 e. The predicted octanol–water partition coefficient (Wildman–Crippen LogP) is 1.61. The first-order valence-corrected chi connectivity index (χ1v) is 5.04. The number of Topliss-reactive ketones (excluding diaryl/α,β-unsaturated/α-hetero) is 1. The summed E-state index contributed by atoms with van der Waals surface area (Å²) in [6.45, 7) is 2.60. The van der Waals surface area contributed by atoms with E-state index in [1.165, 1.54) is 0 Å². The summed E-state index contributed by atoms with van der Waals surface area (Å²) in [7, 11) is 1.83. The summed E-state index contributed by atoms with van der Waals surface area (Å²) >= 11 is 0. The molecule has 0 bridgehead atoms. The van der Waals surface area contributed by atoms with Crippen LogP contribution in [0.3, 0.4) is 0 Å². The van der Waals surface area contributed by atoms with Crippen LogP contribution in [0.2, 0.25) is 0 Å². The summed E-state index contributed by atoms with van der Waals surface area (Å²) in [5.41, 5.74) is 2.32. The molecule has 0 atom stereocenters. The van der Waals surface area contributed by atoms with Gasteiger partial charge in [-0.25, -0.2) is 0 Å². The third kappa shape index (κ3) is 1.79. The van der Waals surface area contributed by atoms with Gasteiger partial charge >= 0.3 is 0 Å². The average molecular weight is 206 g/mol. The van der Waals surface area contributed by atoms with Crippen molar-refractivity contribution in [3.05, 3.63) is 29.3 Å². The molecule has 0 radical (unpaired) electrons. The first-order chi connectivity index (χ1) is 7.20. The largest absolute Gasteiger partial charge is 0.501 e. The summed E-state index contributed by atoms with van der Waals surface area (Å²) < 4.78 is 6.87. The lowest BCUT2D eigenvalue weighted by molar-refractivity contribution is 0.101. The molecule has 2 heterocycles. The molecule has 4 nitrogen and oxygen atoms in total. The van der Waals surface area contributed by atoms with Gasteiger partial charge in [0, 0.05) is 18.3 Å². The van der Waals surface area contributed by atoms with Gasteiger partial charge in [0.25, 0.3) is 0 Å². The van der Waals surface area contributed by atoms with Gasteiger partial charge in [-0.15, -0.1) is 0 Å².